The first-order chi connectivity index (χ1) is 41.1. The summed E-state index contributed by atoms with van der Waals surface area (Å²) in [4.78, 5) is 13.2. The molecule has 0 spiro atoms. The number of aliphatic hydroxyl groups is 8. The van der Waals surface area contributed by atoms with E-state index in [9.17, 15) is 45.6 Å². The number of carbonyl (C=O) groups is 1. The Balaban J connectivity index is 1.60. The molecule has 2 fully saturated rings. The zero-order valence-electron chi connectivity index (χ0n) is 51.1. The molecule has 0 radical (unpaired) electrons. The van der Waals surface area contributed by atoms with Gasteiger partial charge in [0.25, 0.3) is 0 Å². The Morgan fingerprint density at radius 3 is 1.31 bits per heavy atom. The summed E-state index contributed by atoms with van der Waals surface area (Å²) in [5.41, 5.74) is 0. The first-order valence-electron chi connectivity index (χ1n) is 31.7. The number of unbranched alkanes of at least 4 members (excludes halogenated alkanes) is 11. The van der Waals surface area contributed by atoms with Crippen LogP contribution in [0.4, 0.5) is 0 Å². The van der Waals surface area contributed by atoms with Gasteiger partial charge in [0.15, 0.2) is 12.6 Å². The van der Waals surface area contributed by atoms with Gasteiger partial charge in [0.2, 0.25) is 5.91 Å². The van der Waals surface area contributed by atoms with Crippen molar-refractivity contribution < 1.29 is 64.6 Å². The number of allylic oxidation sites excluding steroid dienone is 25. The molecule has 2 rings (SSSR count). The zero-order chi connectivity index (χ0) is 60.9. The lowest BCUT2D eigenvalue weighted by Gasteiger charge is -2.46. The SMILES string of the molecule is CC/C=C\C/C=C\C/C=C\C/C=C\C/C=C\C/C=C\C/C=C\C/C=C\C/C=C\C/C=C\C/C=C\CCCCCCCCCC(=O)NC(COC1OC(CO)C(OC2OC(CO)C(O)C(O)C2O)C(O)C1O)C(O)/C=C/CC/C=C/CCCCC. The standard InChI is InChI=1S/C70H111NO13/c1-3-5-7-9-11-13-14-15-16-17-18-19-20-21-22-23-24-25-26-27-28-29-30-31-32-33-34-35-36-37-38-39-40-41-42-43-44-46-48-50-52-54-62(75)71-58(59(74)53-51-49-47-45-12-10-8-6-4-2)57-81-69-67(80)65(78)68(61(56-73)83-69)84-70-66(79)64(77)63(76)60(55-72)82-70/h5,7,11-13,15-16,18-19,21-22,24-25,27-28,30-31,33-34,36-37,39-40,45,51,53,58-61,63-70,72-74,76-80H,3-4,6,8-10,14,17,20,23,26,29,32,35,38,41-44,46-50,52,54-57H2,1-2H3,(H,71,75)/b7-5-,13-11-,16-15-,19-18-,22-21-,25-24-,28-27-,31-30-,34-33-,37-36-,40-39-,45-12+,53-51+. The molecular formula is C70H111NO13. The molecular weight excluding hydrogens is 1060 g/mol. The van der Waals surface area contributed by atoms with Crippen molar-refractivity contribution >= 4 is 5.91 Å². The van der Waals surface area contributed by atoms with Gasteiger partial charge >= 0.3 is 0 Å². The van der Waals surface area contributed by atoms with Crippen LogP contribution in [0.3, 0.4) is 0 Å². The minimum Gasteiger partial charge on any atom is -0.394 e. The smallest absolute Gasteiger partial charge is 0.220 e. The van der Waals surface area contributed by atoms with E-state index in [1.165, 1.54) is 6.42 Å². The van der Waals surface area contributed by atoms with Crippen LogP contribution in [-0.4, -0.2) is 140 Å². The van der Waals surface area contributed by atoms with E-state index in [-0.39, 0.29) is 18.9 Å². The highest BCUT2D eigenvalue weighted by Crippen LogP contribution is 2.30. The van der Waals surface area contributed by atoms with Crippen LogP contribution in [0.15, 0.2) is 158 Å². The maximum atomic E-state index is 13.2. The third-order valence-corrected chi connectivity index (χ3v) is 14.2. The summed E-state index contributed by atoms with van der Waals surface area (Å²) in [5.74, 6) is -0.272. The van der Waals surface area contributed by atoms with Crippen LogP contribution in [0.25, 0.3) is 0 Å². The number of hydrogen-bond acceptors (Lipinski definition) is 13. The van der Waals surface area contributed by atoms with E-state index < -0.39 is 86.8 Å². The van der Waals surface area contributed by atoms with E-state index >= 15 is 0 Å². The molecule has 2 saturated heterocycles. The van der Waals surface area contributed by atoms with Crippen molar-refractivity contribution in [2.24, 2.45) is 0 Å². The number of aliphatic hydroxyl groups excluding tert-OH is 8. The maximum Gasteiger partial charge on any atom is 0.220 e. The minimum absolute atomic E-state index is 0.249. The third-order valence-electron chi connectivity index (χ3n) is 14.2. The second-order valence-corrected chi connectivity index (χ2v) is 21.4. The van der Waals surface area contributed by atoms with Gasteiger partial charge in [-0.3, -0.25) is 4.79 Å². The van der Waals surface area contributed by atoms with Crippen molar-refractivity contribution in [3.05, 3.63) is 158 Å². The topological polar surface area (TPSA) is 228 Å². The van der Waals surface area contributed by atoms with Crippen LogP contribution in [0.2, 0.25) is 0 Å². The van der Waals surface area contributed by atoms with Gasteiger partial charge in [0.05, 0.1) is 32.0 Å². The van der Waals surface area contributed by atoms with Crippen LogP contribution in [0, 0.1) is 0 Å². The lowest BCUT2D eigenvalue weighted by molar-refractivity contribution is -0.359. The summed E-state index contributed by atoms with van der Waals surface area (Å²) in [6, 6.07) is -0.947. The molecule has 14 heteroatoms. The molecule has 14 nitrogen and oxygen atoms in total. The van der Waals surface area contributed by atoms with Gasteiger partial charge < -0.3 is 65.1 Å². The summed E-state index contributed by atoms with van der Waals surface area (Å²) >= 11 is 0. The number of rotatable bonds is 48. The van der Waals surface area contributed by atoms with Crippen LogP contribution >= 0.6 is 0 Å². The summed E-state index contributed by atoms with van der Waals surface area (Å²) in [5, 5.41) is 86.8. The molecule has 2 aliphatic rings. The second-order valence-electron chi connectivity index (χ2n) is 21.4. The molecule has 12 unspecified atom stereocenters. The lowest BCUT2D eigenvalue weighted by atomic mass is 9.97. The Labute approximate surface area is 505 Å². The molecule has 84 heavy (non-hydrogen) atoms. The third kappa shape index (κ3) is 37.2. The van der Waals surface area contributed by atoms with Crippen LogP contribution in [-0.2, 0) is 23.7 Å². The molecule has 0 saturated carbocycles. The Morgan fingerprint density at radius 1 is 0.440 bits per heavy atom. The van der Waals surface area contributed by atoms with E-state index in [4.69, 9.17) is 18.9 Å². The summed E-state index contributed by atoms with van der Waals surface area (Å²) < 4.78 is 22.7. The predicted molar refractivity (Wildman–Crippen MR) is 341 cm³/mol. The fourth-order valence-corrected chi connectivity index (χ4v) is 9.13. The van der Waals surface area contributed by atoms with Crippen molar-refractivity contribution in [2.45, 2.75) is 254 Å². The molecule has 0 aromatic carbocycles. The highest BCUT2D eigenvalue weighted by molar-refractivity contribution is 5.76. The van der Waals surface area contributed by atoms with Crippen molar-refractivity contribution in [2.75, 3.05) is 19.8 Å². The quantitative estimate of drug-likeness (QED) is 0.0204. The largest absolute Gasteiger partial charge is 0.394 e. The van der Waals surface area contributed by atoms with Crippen molar-refractivity contribution in [3.63, 3.8) is 0 Å². The molecule has 0 aromatic heterocycles. The maximum absolute atomic E-state index is 13.2. The molecule has 0 bridgehead atoms. The molecule has 9 N–H and O–H groups in total. The van der Waals surface area contributed by atoms with Gasteiger partial charge in [-0.05, 0) is 116 Å². The molecule has 1 amide bonds. The molecule has 474 valence electrons. The zero-order valence-corrected chi connectivity index (χ0v) is 51.1. The summed E-state index contributed by atoms with van der Waals surface area (Å²) in [7, 11) is 0. The first kappa shape index (κ1) is 75.7. The second kappa shape index (κ2) is 52.9. The number of hydrogen-bond donors (Lipinski definition) is 9. The molecule has 2 heterocycles. The fraction of sp³-hybridized carbons (Fsp3) is 0.614. The lowest BCUT2D eigenvalue weighted by Crippen LogP contribution is -2.65. The summed E-state index contributed by atoms with van der Waals surface area (Å²) in [6.45, 7) is 2.56. The van der Waals surface area contributed by atoms with Crippen molar-refractivity contribution in [1.29, 1.82) is 0 Å². The van der Waals surface area contributed by atoms with E-state index in [2.05, 4.69) is 165 Å². The average Bonchev–Trinajstić information content (AvgIpc) is 2.28. The number of carbonyl (C=O) groups excluding carboxylic acids is 1. The first-order valence-corrected chi connectivity index (χ1v) is 31.7. The van der Waals surface area contributed by atoms with Crippen LogP contribution < -0.4 is 5.32 Å². The number of amides is 1. The Morgan fingerprint density at radius 2 is 0.833 bits per heavy atom. The van der Waals surface area contributed by atoms with Gasteiger partial charge in [-0.2, -0.15) is 0 Å². The van der Waals surface area contributed by atoms with E-state index in [1.807, 2.05) is 6.08 Å². The van der Waals surface area contributed by atoms with Crippen LogP contribution in [0.1, 0.15) is 181 Å². The van der Waals surface area contributed by atoms with Crippen molar-refractivity contribution in [1.82, 2.24) is 5.32 Å². The van der Waals surface area contributed by atoms with E-state index in [0.29, 0.717) is 12.8 Å². The molecule has 2 aliphatic heterocycles. The fourth-order valence-electron chi connectivity index (χ4n) is 9.13. The van der Waals surface area contributed by atoms with Gasteiger partial charge in [0.1, 0.15) is 48.8 Å². The highest BCUT2D eigenvalue weighted by atomic mass is 16.7. The van der Waals surface area contributed by atoms with Gasteiger partial charge in [-0.25, -0.2) is 0 Å². The van der Waals surface area contributed by atoms with Crippen LogP contribution in [0.5, 0.6) is 0 Å². The average molecular weight is 1170 g/mol. The summed E-state index contributed by atoms with van der Waals surface area (Å²) in [6.07, 6.45) is 64.7. The predicted octanol–water partition coefficient (Wildman–Crippen LogP) is 11.9. The molecule has 0 aliphatic carbocycles. The Bertz CT molecular complexity index is 2010. The number of nitrogens with one attached hydrogen (secondary N) is 1. The molecule has 12 atom stereocenters. The van der Waals surface area contributed by atoms with E-state index in [0.717, 1.165) is 141 Å². The molecule has 0 aromatic rings. The monoisotopic (exact) mass is 1170 g/mol. The Kier molecular flexibility index (Phi) is 47.7. The van der Waals surface area contributed by atoms with Crippen molar-refractivity contribution in [3.8, 4) is 0 Å². The normalized spacial score (nSPS) is 24.8. The minimum atomic E-state index is -1.80. The number of ether oxygens (including phenoxy) is 4. The highest BCUT2D eigenvalue weighted by Gasteiger charge is 2.51. The van der Waals surface area contributed by atoms with Gasteiger partial charge in [-0.1, -0.05) is 217 Å². The van der Waals surface area contributed by atoms with Gasteiger partial charge in [0, 0.05) is 6.42 Å². The Hall–Kier alpha value is -4.39. The van der Waals surface area contributed by atoms with E-state index in [1.54, 1.807) is 6.08 Å². The van der Waals surface area contributed by atoms with Gasteiger partial charge in [-0.15, -0.1) is 0 Å².